The summed E-state index contributed by atoms with van der Waals surface area (Å²) in [5.41, 5.74) is 1.09. The van der Waals surface area contributed by atoms with Crippen molar-refractivity contribution in [1.82, 2.24) is 5.32 Å². The monoisotopic (exact) mass is 468 g/mol. The summed E-state index contributed by atoms with van der Waals surface area (Å²) >= 11 is 2.19. The summed E-state index contributed by atoms with van der Waals surface area (Å²) in [6.45, 7) is 2.79. The molecule has 0 saturated heterocycles. The quantitative estimate of drug-likeness (QED) is 0.215. The van der Waals surface area contributed by atoms with Crippen LogP contribution in [0.5, 0.6) is 0 Å². The largest absolute Gasteiger partial charge is 0.445 e. The van der Waals surface area contributed by atoms with Gasteiger partial charge in [-0.05, 0) is 47.2 Å². The number of rotatable bonds is 7. The number of halogens is 1. The number of nitrogens with zero attached hydrogens (tertiary/aromatic N) is 1. The standard InChI is InChI=1S/C19H21IN2O4/c1-2-3-10-21-19-17(18(23)12-4-6-13(20)7-5-12)15-11-14(22(24)25)8-9-16(15)26-19/h4-7,9,14-15,21H,2-3,8,10-11H2,1H3. The van der Waals surface area contributed by atoms with Gasteiger partial charge in [0.1, 0.15) is 5.76 Å². The molecule has 0 spiro atoms. The van der Waals surface area contributed by atoms with Crippen molar-refractivity contribution in [3.63, 3.8) is 0 Å². The number of carbonyl (C=O) groups is 1. The number of carbonyl (C=O) groups excluding carboxylic acids is 1. The highest BCUT2D eigenvalue weighted by molar-refractivity contribution is 14.1. The third kappa shape index (κ3) is 3.92. The maximum absolute atomic E-state index is 13.2. The van der Waals surface area contributed by atoms with Crippen LogP contribution in [0.1, 0.15) is 43.0 Å². The van der Waals surface area contributed by atoms with Gasteiger partial charge in [-0.2, -0.15) is 0 Å². The molecule has 6 nitrogen and oxygen atoms in total. The first-order chi connectivity index (χ1) is 12.5. The average molecular weight is 468 g/mol. The molecule has 1 aliphatic heterocycles. The molecule has 1 N–H and O–H groups in total. The Morgan fingerprint density at radius 3 is 2.77 bits per heavy atom. The highest BCUT2D eigenvalue weighted by Gasteiger charge is 2.43. The number of unbranched alkanes of at least 4 members (excludes halogenated alkanes) is 1. The number of fused-ring (bicyclic) bond motifs is 1. The Hall–Kier alpha value is -1.90. The van der Waals surface area contributed by atoms with Crippen molar-refractivity contribution in [2.24, 2.45) is 5.92 Å². The zero-order valence-corrected chi connectivity index (χ0v) is 16.7. The minimum absolute atomic E-state index is 0.127. The van der Waals surface area contributed by atoms with Crippen LogP contribution < -0.4 is 5.32 Å². The van der Waals surface area contributed by atoms with Crippen LogP contribution in [-0.4, -0.2) is 23.3 Å². The number of benzene rings is 1. The minimum Gasteiger partial charge on any atom is -0.445 e. The van der Waals surface area contributed by atoms with Crippen LogP contribution in [0.3, 0.4) is 0 Å². The van der Waals surface area contributed by atoms with Crippen LogP contribution in [0.25, 0.3) is 0 Å². The molecule has 1 aromatic carbocycles. The Morgan fingerprint density at radius 1 is 1.38 bits per heavy atom. The van der Waals surface area contributed by atoms with Gasteiger partial charge in [0, 0.05) is 33.4 Å². The van der Waals surface area contributed by atoms with E-state index in [0.29, 0.717) is 42.2 Å². The second-order valence-corrected chi connectivity index (χ2v) is 7.78. The molecule has 1 aromatic rings. The van der Waals surface area contributed by atoms with Crippen LogP contribution >= 0.6 is 22.6 Å². The van der Waals surface area contributed by atoms with Gasteiger partial charge in [0.2, 0.25) is 11.9 Å². The van der Waals surface area contributed by atoms with Gasteiger partial charge in [-0.25, -0.2) is 0 Å². The molecule has 0 fully saturated rings. The molecule has 3 rings (SSSR count). The highest BCUT2D eigenvalue weighted by Crippen LogP contribution is 2.41. The second kappa shape index (κ2) is 8.20. The second-order valence-electron chi connectivity index (χ2n) is 6.53. The molecule has 26 heavy (non-hydrogen) atoms. The van der Waals surface area contributed by atoms with Crippen molar-refractivity contribution >= 4 is 28.4 Å². The molecule has 0 saturated carbocycles. The average Bonchev–Trinajstić information content (AvgIpc) is 2.99. The first kappa shape index (κ1) is 18.9. The van der Waals surface area contributed by atoms with Crippen molar-refractivity contribution in [2.45, 2.75) is 38.6 Å². The van der Waals surface area contributed by atoms with Gasteiger partial charge >= 0.3 is 0 Å². The molecule has 138 valence electrons. The molecule has 1 aliphatic carbocycles. The number of nitrogens with one attached hydrogen (secondary N) is 1. The van der Waals surface area contributed by atoms with Gasteiger partial charge in [-0.3, -0.25) is 14.9 Å². The summed E-state index contributed by atoms with van der Waals surface area (Å²) in [6.07, 6.45) is 4.38. The van der Waals surface area contributed by atoms with Crippen LogP contribution in [0.2, 0.25) is 0 Å². The molecule has 7 heteroatoms. The lowest BCUT2D eigenvalue weighted by atomic mass is 9.83. The molecule has 0 bridgehead atoms. The minimum atomic E-state index is -0.679. The summed E-state index contributed by atoms with van der Waals surface area (Å²) < 4.78 is 6.95. The van der Waals surface area contributed by atoms with Gasteiger partial charge in [-0.15, -0.1) is 0 Å². The zero-order chi connectivity index (χ0) is 18.7. The normalized spacial score (nSPS) is 21.7. The van der Waals surface area contributed by atoms with Gasteiger partial charge in [0.15, 0.2) is 5.78 Å². The van der Waals surface area contributed by atoms with E-state index in [1.165, 1.54) is 0 Å². The molecular weight excluding hydrogens is 447 g/mol. The highest BCUT2D eigenvalue weighted by atomic mass is 127. The SMILES string of the molecule is CCCCNC1=C(C(=O)c2ccc(I)cc2)C2CC([N+](=O)[O-])CC=C2O1. The number of hydrogen-bond acceptors (Lipinski definition) is 5. The van der Waals surface area contributed by atoms with E-state index in [9.17, 15) is 14.9 Å². The first-order valence-electron chi connectivity index (χ1n) is 8.81. The molecule has 2 atom stereocenters. The van der Waals surface area contributed by atoms with E-state index in [0.717, 1.165) is 16.4 Å². The van der Waals surface area contributed by atoms with E-state index < -0.39 is 6.04 Å². The molecule has 2 unspecified atom stereocenters. The number of Topliss-reactive ketones (excluding diaryl/α,β-unsaturated/α-hetero) is 1. The van der Waals surface area contributed by atoms with E-state index in [1.807, 2.05) is 12.1 Å². The van der Waals surface area contributed by atoms with E-state index in [4.69, 9.17) is 4.74 Å². The topological polar surface area (TPSA) is 81.5 Å². The lowest BCUT2D eigenvalue weighted by molar-refractivity contribution is -0.524. The maximum Gasteiger partial charge on any atom is 0.217 e. The van der Waals surface area contributed by atoms with Gasteiger partial charge in [0.05, 0.1) is 11.5 Å². The smallest absolute Gasteiger partial charge is 0.217 e. The number of hydrogen-bond donors (Lipinski definition) is 1. The van der Waals surface area contributed by atoms with Crippen molar-refractivity contribution < 1.29 is 14.5 Å². The molecule has 0 amide bonds. The predicted molar refractivity (Wildman–Crippen MR) is 106 cm³/mol. The predicted octanol–water partition coefficient (Wildman–Crippen LogP) is 4.04. The Bertz CT molecular complexity index is 770. The molecule has 2 aliphatic rings. The Kier molecular flexibility index (Phi) is 5.95. The Morgan fingerprint density at radius 2 is 2.12 bits per heavy atom. The van der Waals surface area contributed by atoms with E-state index in [-0.39, 0.29) is 16.6 Å². The van der Waals surface area contributed by atoms with Gasteiger partial charge < -0.3 is 10.1 Å². The van der Waals surface area contributed by atoms with Crippen LogP contribution in [-0.2, 0) is 4.74 Å². The molecule has 0 radical (unpaired) electrons. The van der Waals surface area contributed by atoms with Crippen molar-refractivity contribution in [1.29, 1.82) is 0 Å². The summed E-state index contributed by atoms with van der Waals surface area (Å²) in [5.74, 6) is 0.644. The lowest BCUT2D eigenvalue weighted by Crippen LogP contribution is -2.28. The Balaban J connectivity index is 1.93. The number of nitro groups is 1. The maximum atomic E-state index is 13.2. The van der Waals surface area contributed by atoms with Crippen LogP contribution in [0, 0.1) is 19.6 Å². The fraction of sp³-hybridized carbons (Fsp3) is 0.421. The van der Waals surface area contributed by atoms with Crippen LogP contribution in [0.15, 0.2) is 47.6 Å². The summed E-state index contributed by atoms with van der Waals surface area (Å²) in [6, 6.07) is 6.66. The van der Waals surface area contributed by atoms with E-state index in [1.54, 1.807) is 18.2 Å². The Labute approximate surface area is 166 Å². The van der Waals surface area contributed by atoms with Crippen molar-refractivity contribution in [3.05, 3.63) is 66.8 Å². The van der Waals surface area contributed by atoms with Gasteiger partial charge in [-0.1, -0.05) is 25.5 Å². The van der Waals surface area contributed by atoms with Gasteiger partial charge in [0.25, 0.3) is 0 Å². The molecule has 0 aromatic heterocycles. The van der Waals surface area contributed by atoms with Crippen molar-refractivity contribution in [2.75, 3.05) is 6.54 Å². The molecular formula is C19H21IN2O4. The van der Waals surface area contributed by atoms with E-state index in [2.05, 4.69) is 34.8 Å². The number of ketones is 1. The lowest BCUT2D eigenvalue weighted by Gasteiger charge is -2.20. The third-order valence-corrected chi connectivity index (χ3v) is 5.44. The summed E-state index contributed by atoms with van der Waals surface area (Å²) in [4.78, 5) is 24.1. The number of ether oxygens (including phenoxy) is 1. The summed E-state index contributed by atoms with van der Waals surface area (Å²) in [7, 11) is 0. The van der Waals surface area contributed by atoms with E-state index >= 15 is 0 Å². The molecule has 1 heterocycles. The fourth-order valence-corrected chi connectivity index (χ4v) is 3.64. The fourth-order valence-electron chi connectivity index (χ4n) is 3.28. The third-order valence-electron chi connectivity index (χ3n) is 4.72. The number of allylic oxidation sites excluding steroid dienone is 1. The zero-order valence-electron chi connectivity index (χ0n) is 14.5. The summed E-state index contributed by atoms with van der Waals surface area (Å²) in [5, 5.41) is 14.5. The van der Waals surface area contributed by atoms with Crippen LogP contribution in [0.4, 0.5) is 0 Å². The first-order valence-corrected chi connectivity index (χ1v) is 9.88. The van der Waals surface area contributed by atoms with Crippen molar-refractivity contribution in [3.8, 4) is 0 Å².